The van der Waals surface area contributed by atoms with E-state index < -0.39 is 11.9 Å². The molecule has 0 bridgehead atoms. The fraction of sp³-hybridized carbons (Fsp3) is 0.480. The Morgan fingerprint density at radius 3 is 2.49 bits per heavy atom. The third-order valence-corrected chi connectivity index (χ3v) is 6.40. The summed E-state index contributed by atoms with van der Waals surface area (Å²) in [6, 6.07) is 7.21. The van der Waals surface area contributed by atoms with Gasteiger partial charge in [0.25, 0.3) is 0 Å². The Hall–Kier alpha value is -3.22. The van der Waals surface area contributed by atoms with Crippen LogP contribution in [0.25, 0.3) is 22.2 Å². The number of ether oxygens (including phenoxy) is 3. The number of aromatic nitrogens is 3. The van der Waals surface area contributed by atoms with Crippen molar-refractivity contribution in [3.05, 3.63) is 42.2 Å². The molecule has 2 aliphatic rings. The minimum absolute atomic E-state index is 0.0546. The summed E-state index contributed by atoms with van der Waals surface area (Å²) in [5.41, 5.74) is 0.179. The third-order valence-electron chi connectivity index (χ3n) is 6.40. The molecule has 2 saturated heterocycles. The zero-order chi connectivity index (χ0) is 25.8. The number of rotatable bonds is 7. The van der Waals surface area contributed by atoms with Crippen LogP contribution in [0.1, 0.15) is 5.69 Å². The van der Waals surface area contributed by atoms with Gasteiger partial charge in [0.2, 0.25) is 5.91 Å². The highest BCUT2D eigenvalue weighted by Crippen LogP contribution is 2.35. The van der Waals surface area contributed by atoms with E-state index in [0.717, 1.165) is 19.2 Å². The molecule has 37 heavy (non-hydrogen) atoms. The van der Waals surface area contributed by atoms with E-state index >= 15 is 0 Å². The summed E-state index contributed by atoms with van der Waals surface area (Å²) in [6.45, 7) is 6.04. The van der Waals surface area contributed by atoms with Gasteiger partial charge in [0, 0.05) is 55.9 Å². The highest BCUT2D eigenvalue weighted by atomic mass is 19.4. The van der Waals surface area contributed by atoms with Gasteiger partial charge in [-0.15, -0.1) is 0 Å². The highest BCUT2D eigenvalue weighted by molar-refractivity contribution is 5.87. The van der Waals surface area contributed by atoms with Crippen LogP contribution in [0.4, 0.5) is 13.2 Å². The minimum atomic E-state index is -4.57. The number of alkyl halides is 3. The topological polar surface area (TPSA) is 82.0 Å². The van der Waals surface area contributed by atoms with E-state index in [1.165, 1.54) is 12.1 Å². The van der Waals surface area contributed by atoms with E-state index in [1.807, 2.05) is 0 Å². The van der Waals surface area contributed by atoms with Crippen molar-refractivity contribution in [2.75, 3.05) is 65.8 Å². The van der Waals surface area contributed by atoms with Gasteiger partial charge in [-0.25, -0.2) is 4.98 Å². The van der Waals surface area contributed by atoms with Crippen molar-refractivity contribution in [3.63, 3.8) is 0 Å². The Bertz CT molecular complexity index is 1240. The van der Waals surface area contributed by atoms with Crippen LogP contribution in [-0.4, -0.2) is 96.2 Å². The van der Waals surface area contributed by atoms with Crippen LogP contribution in [0.5, 0.6) is 5.75 Å². The molecule has 1 amide bonds. The van der Waals surface area contributed by atoms with Crippen molar-refractivity contribution < 1.29 is 32.2 Å². The highest BCUT2D eigenvalue weighted by Gasteiger charge is 2.32. The van der Waals surface area contributed by atoms with E-state index in [4.69, 9.17) is 14.2 Å². The lowest BCUT2D eigenvalue weighted by atomic mass is 10.1. The standard InChI is InChI=1S/C25H28F3N5O4/c26-25(27,28)23-3-1-2-20(29-23)19-14-18-16-33(17-24(34)32-7-11-36-12-8-32)30-21(18)15-22(19)37-13-6-31-4-9-35-10-5-31/h1-3,14-16H,4-13,17H2. The monoisotopic (exact) mass is 519 g/mol. The minimum Gasteiger partial charge on any atom is -0.491 e. The molecule has 0 saturated carbocycles. The fourth-order valence-corrected chi connectivity index (χ4v) is 4.41. The summed E-state index contributed by atoms with van der Waals surface area (Å²) in [5, 5.41) is 5.20. The van der Waals surface area contributed by atoms with Gasteiger partial charge in [-0.05, 0) is 18.2 Å². The summed E-state index contributed by atoms with van der Waals surface area (Å²) in [7, 11) is 0. The van der Waals surface area contributed by atoms with Gasteiger partial charge in [0.15, 0.2) is 0 Å². The quantitative estimate of drug-likeness (QED) is 0.475. The normalized spacial score (nSPS) is 17.3. The molecule has 0 unspecified atom stereocenters. The fourth-order valence-electron chi connectivity index (χ4n) is 4.41. The first-order chi connectivity index (χ1) is 17.9. The van der Waals surface area contributed by atoms with Gasteiger partial charge in [-0.3, -0.25) is 14.4 Å². The molecular weight excluding hydrogens is 491 g/mol. The average molecular weight is 520 g/mol. The van der Waals surface area contributed by atoms with Gasteiger partial charge < -0.3 is 19.1 Å². The first kappa shape index (κ1) is 25.4. The van der Waals surface area contributed by atoms with Crippen LogP contribution < -0.4 is 4.74 Å². The molecular formula is C25H28F3N5O4. The lowest BCUT2D eigenvalue weighted by Crippen LogP contribution is -2.42. The second-order valence-corrected chi connectivity index (χ2v) is 8.94. The van der Waals surface area contributed by atoms with Crippen molar-refractivity contribution in [1.29, 1.82) is 0 Å². The van der Waals surface area contributed by atoms with Crippen LogP contribution in [-0.2, 0) is 27.0 Å². The third kappa shape index (κ3) is 6.20. The van der Waals surface area contributed by atoms with Crippen molar-refractivity contribution in [2.45, 2.75) is 12.7 Å². The van der Waals surface area contributed by atoms with Crippen LogP contribution in [0.3, 0.4) is 0 Å². The predicted octanol–water partition coefficient (Wildman–Crippen LogP) is 2.69. The zero-order valence-corrected chi connectivity index (χ0v) is 20.2. The second-order valence-electron chi connectivity index (χ2n) is 8.94. The number of pyridine rings is 1. The molecule has 4 heterocycles. The van der Waals surface area contributed by atoms with E-state index in [2.05, 4.69) is 15.0 Å². The lowest BCUT2D eigenvalue weighted by Gasteiger charge is -2.26. The van der Waals surface area contributed by atoms with Crippen LogP contribution in [0.2, 0.25) is 0 Å². The molecule has 2 aromatic heterocycles. The largest absolute Gasteiger partial charge is 0.491 e. The second kappa shape index (κ2) is 11.0. The van der Waals surface area contributed by atoms with Crippen molar-refractivity contribution in [1.82, 2.24) is 24.6 Å². The number of morpholine rings is 2. The molecule has 1 aromatic carbocycles. The smallest absolute Gasteiger partial charge is 0.433 e. The molecule has 198 valence electrons. The molecule has 2 fully saturated rings. The molecule has 12 heteroatoms. The number of hydrogen-bond acceptors (Lipinski definition) is 7. The molecule has 2 aliphatic heterocycles. The summed E-state index contributed by atoms with van der Waals surface area (Å²) in [6.07, 6.45) is -2.86. The number of halogens is 3. The Kier molecular flexibility index (Phi) is 7.58. The molecule has 9 nitrogen and oxygen atoms in total. The number of nitrogens with zero attached hydrogens (tertiary/aromatic N) is 5. The molecule has 3 aromatic rings. The molecule has 0 atom stereocenters. The summed E-state index contributed by atoms with van der Waals surface area (Å²) in [4.78, 5) is 20.5. The van der Waals surface area contributed by atoms with E-state index in [9.17, 15) is 18.0 Å². The lowest BCUT2D eigenvalue weighted by molar-refractivity contribution is -0.141. The van der Waals surface area contributed by atoms with Crippen molar-refractivity contribution in [3.8, 4) is 17.0 Å². The number of carbonyl (C=O) groups is 1. The number of hydrogen-bond donors (Lipinski definition) is 0. The SMILES string of the molecule is O=C(Cn1cc2cc(-c3cccc(C(F)(F)F)n3)c(OCCN3CCOCC3)cc2n1)N1CCOCC1. The molecule has 0 aliphatic carbocycles. The molecule has 0 radical (unpaired) electrons. The van der Waals surface area contributed by atoms with Gasteiger partial charge in [-0.1, -0.05) is 6.07 Å². The Morgan fingerprint density at radius 1 is 1.03 bits per heavy atom. The predicted molar refractivity (Wildman–Crippen MR) is 128 cm³/mol. The number of fused-ring (bicyclic) bond motifs is 1. The maximum atomic E-state index is 13.4. The first-order valence-electron chi connectivity index (χ1n) is 12.2. The summed E-state index contributed by atoms with van der Waals surface area (Å²) in [5.74, 6) is 0.315. The van der Waals surface area contributed by atoms with Crippen LogP contribution >= 0.6 is 0 Å². The van der Waals surface area contributed by atoms with Crippen LogP contribution in [0.15, 0.2) is 36.5 Å². The van der Waals surface area contributed by atoms with Crippen molar-refractivity contribution >= 4 is 16.8 Å². The number of carbonyl (C=O) groups excluding carboxylic acids is 1. The number of amides is 1. The summed E-state index contributed by atoms with van der Waals surface area (Å²) >= 11 is 0. The van der Waals surface area contributed by atoms with Gasteiger partial charge in [-0.2, -0.15) is 18.3 Å². The molecule has 0 spiro atoms. The van der Waals surface area contributed by atoms with Crippen molar-refractivity contribution in [2.24, 2.45) is 0 Å². The maximum absolute atomic E-state index is 13.4. The van der Waals surface area contributed by atoms with Crippen LogP contribution in [0, 0.1) is 0 Å². The molecule has 5 rings (SSSR count). The van der Waals surface area contributed by atoms with Gasteiger partial charge in [0.05, 0.1) is 37.6 Å². The molecule has 0 N–H and O–H groups in total. The first-order valence-corrected chi connectivity index (χ1v) is 12.2. The van der Waals surface area contributed by atoms with Gasteiger partial charge >= 0.3 is 6.18 Å². The maximum Gasteiger partial charge on any atom is 0.433 e. The number of benzene rings is 1. The average Bonchev–Trinajstić information content (AvgIpc) is 3.30. The summed E-state index contributed by atoms with van der Waals surface area (Å²) < 4.78 is 58.4. The Morgan fingerprint density at radius 2 is 1.76 bits per heavy atom. The Balaban J connectivity index is 1.42. The van der Waals surface area contributed by atoms with Gasteiger partial charge in [0.1, 0.15) is 24.6 Å². The zero-order valence-electron chi connectivity index (χ0n) is 20.2. The van der Waals surface area contributed by atoms with E-state index in [-0.39, 0.29) is 18.1 Å². The van der Waals surface area contributed by atoms with E-state index in [0.29, 0.717) is 74.9 Å². The van der Waals surface area contributed by atoms with E-state index in [1.54, 1.807) is 27.9 Å². The Labute approximate surface area is 211 Å².